The Bertz CT molecular complexity index is 375. The molecule has 2 atom stereocenters. The van der Waals surface area contributed by atoms with Gasteiger partial charge < -0.3 is 15.2 Å². The van der Waals surface area contributed by atoms with Crippen molar-refractivity contribution in [1.82, 2.24) is 10.5 Å². The number of aromatic nitrogens is 1. The number of nitrogens with one attached hydrogen (secondary N) is 2. The Morgan fingerprint density at radius 2 is 2.50 bits per heavy atom. The Hall–Kier alpha value is -1.36. The number of piperidine rings is 1. The molecule has 2 heterocycles. The van der Waals surface area contributed by atoms with E-state index in [9.17, 15) is 4.79 Å². The topological polar surface area (TPSA) is 67.2 Å². The Kier molecular flexibility index (Phi) is 3.24. The Balaban J connectivity index is 1.92. The fourth-order valence-electron chi connectivity index (χ4n) is 2.02. The Labute approximate surface area is 94.6 Å². The summed E-state index contributed by atoms with van der Waals surface area (Å²) in [4.78, 5) is 11.9. The molecule has 0 bridgehead atoms. The van der Waals surface area contributed by atoms with Crippen molar-refractivity contribution in [2.24, 2.45) is 5.92 Å². The molecule has 5 heteroatoms. The number of carbonyl (C=O) groups is 1. The van der Waals surface area contributed by atoms with Crippen molar-refractivity contribution >= 4 is 11.7 Å². The molecule has 0 saturated carbocycles. The lowest BCUT2D eigenvalue weighted by Crippen LogP contribution is -2.40. The zero-order valence-electron chi connectivity index (χ0n) is 9.62. The first-order valence-corrected chi connectivity index (χ1v) is 5.62. The van der Waals surface area contributed by atoms with E-state index in [1.54, 1.807) is 13.0 Å². The van der Waals surface area contributed by atoms with Gasteiger partial charge in [0, 0.05) is 18.0 Å². The van der Waals surface area contributed by atoms with E-state index in [4.69, 9.17) is 4.52 Å². The van der Waals surface area contributed by atoms with Crippen LogP contribution in [0.4, 0.5) is 5.82 Å². The van der Waals surface area contributed by atoms with Crippen LogP contribution in [0.5, 0.6) is 0 Å². The molecule has 2 unspecified atom stereocenters. The molecule has 2 rings (SSSR count). The molecule has 0 radical (unpaired) electrons. The Morgan fingerprint density at radius 3 is 3.12 bits per heavy atom. The summed E-state index contributed by atoms with van der Waals surface area (Å²) in [6.07, 6.45) is 1.76. The third-order valence-electron chi connectivity index (χ3n) is 2.87. The van der Waals surface area contributed by atoms with Gasteiger partial charge in [-0.25, -0.2) is 0 Å². The number of nitrogens with zero attached hydrogens (tertiary/aromatic N) is 1. The monoisotopic (exact) mass is 223 g/mol. The quantitative estimate of drug-likeness (QED) is 0.793. The minimum atomic E-state index is 0.0432. The summed E-state index contributed by atoms with van der Waals surface area (Å²) in [6.45, 7) is 4.80. The number of aryl methyl sites for hydroxylation is 1. The molecule has 5 nitrogen and oxygen atoms in total. The zero-order valence-corrected chi connectivity index (χ0v) is 9.62. The Morgan fingerprint density at radius 1 is 1.69 bits per heavy atom. The number of hydrogen-bond acceptors (Lipinski definition) is 4. The summed E-state index contributed by atoms with van der Waals surface area (Å²) < 4.78 is 4.90. The van der Waals surface area contributed by atoms with Crippen LogP contribution in [0, 0.1) is 12.8 Å². The predicted octanol–water partition coefficient (Wildman–Crippen LogP) is 1.31. The van der Waals surface area contributed by atoms with Crippen LogP contribution in [0.15, 0.2) is 10.6 Å². The third-order valence-corrected chi connectivity index (χ3v) is 2.87. The van der Waals surface area contributed by atoms with Gasteiger partial charge in [-0.1, -0.05) is 5.16 Å². The highest BCUT2D eigenvalue weighted by atomic mass is 16.5. The van der Waals surface area contributed by atoms with Gasteiger partial charge in [-0.15, -0.1) is 0 Å². The lowest BCUT2D eigenvalue weighted by atomic mass is 9.92. The van der Waals surface area contributed by atoms with Crippen LogP contribution >= 0.6 is 0 Å². The molecule has 1 saturated heterocycles. The van der Waals surface area contributed by atoms with E-state index in [0.717, 1.165) is 19.4 Å². The summed E-state index contributed by atoms with van der Waals surface area (Å²) in [6, 6.07) is 2.13. The highest BCUT2D eigenvalue weighted by molar-refractivity contribution is 5.91. The van der Waals surface area contributed by atoms with Gasteiger partial charge in [0.1, 0.15) is 5.76 Å². The fourth-order valence-corrected chi connectivity index (χ4v) is 2.02. The minimum absolute atomic E-state index is 0.0432. The first-order chi connectivity index (χ1) is 7.65. The fraction of sp³-hybridized carbons (Fsp3) is 0.636. The van der Waals surface area contributed by atoms with Crippen molar-refractivity contribution in [3.8, 4) is 0 Å². The average molecular weight is 223 g/mol. The first-order valence-electron chi connectivity index (χ1n) is 5.62. The summed E-state index contributed by atoms with van der Waals surface area (Å²) in [7, 11) is 0. The third kappa shape index (κ3) is 2.61. The minimum Gasteiger partial charge on any atom is -0.360 e. The summed E-state index contributed by atoms with van der Waals surface area (Å²) in [5, 5.41) is 9.85. The maximum Gasteiger partial charge on any atom is 0.228 e. The molecule has 2 N–H and O–H groups in total. The molecule has 0 aliphatic carbocycles. The van der Waals surface area contributed by atoms with Crippen molar-refractivity contribution in [3.63, 3.8) is 0 Å². The van der Waals surface area contributed by atoms with Gasteiger partial charge in [-0.3, -0.25) is 4.79 Å². The second-order valence-electron chi connectivity index (χ2n) is 4.39. The molecular formula is C11H17N3O2. The number of rotatable bonds is 2. The summed E-state index contributed by atoms with van der Waals surface area (Å²) >= 11 is 0. The van der Waals surface area contributed by atoms with E-state index in [0.29, 0.717) is 17.6 Å². The number of anilines is 1. The van der Waals surface area contributed by atoms with Gasteiger partial charge in [-0.05, 0) is 33.2 Å². The second-order valence-corrected chi connectivity index (χ2v) is 4.39. The molecule has 1 amide bonds. The molecule has 1 aliphatic heterocycles. The molecule has 16 heavy (non-hydrogen) atoms. The molecule has 0 spiro atoms. The SMILES string of the molecule is Cc1cc(NC(=O)C2CCNC(C)C2)no1. The highest BCUT2D eigenvalue weighted by Gasteiger charge is 2.25. The molecule has 1 fully saturated rings. The van der Waals surface area contributed by atoms with Crippen LogP contribution in [0.2, 0.25) is 0 Å². The molecule has 0 aromatic carbocycles. The van der Waals surface area contributed by atoms with E-state index < -0.39 is 0 Å². The summed E-state index contributed by atoms with van der Waals surface area (Å²) in [5.41, 5.74) is 0. The van der Waals surface area contributed by atoms with E-state index >= 15 is 0 Å². The van der Waals surface area contributed by atoms with Crippen LogP contribution in [0.1, 0.15) is 25.5 Å². The molecular weight excluding hydrogens is 206 g/mol. The number of carbonyl (C=O) groups excluding carboxylic acids is 1. The zero-order chi connectivity index (χ0) is 11.5. The van der Waals surface area contributed by atoms with Gasteiger partial charge in [0.15, 0.2) is 5.82 Å². The van der Waals surface area contributed by atoms with Crippen molar-refractivity contribution in [2.45, 2.75) is 32.7 Å². The van der Waals surface area contributed by atoms with Gasteiger partial charge in [-0.2, -0.15) is 0 Å². The molecule has 1 aromatic heterocycles. The number of hydrogen-bond donors (Lipinski definition) is 2. The second kappa shape index (κ2) is 4.65. The van der Waals surface area contributed by atoms with E-state index in [1.165, 1.54) is 0 Å². The smallest absolute Gasteiger partial charge is 0.228 e. The van der Waals surface area contributed by atoms with E-state index in [-0.39, 0.29) is 11.8 Å². The van der Waals surface area contributed by atoms with Crippen molar-refractivity contribution < 1.29 is 9.32 Å². The average Bonchev–Trinajstić information content (AvgIpc) is 2.64. The van der Waals surface area contributed by atoms with E-state index in [1.807, 2.05) is 0 Å². The lowest BCUT2D eigenvalue weighted by molar-refractivity contribution is -0.120. The van der Waals surface area contributed by atoms with Gasteiger partial charge >= 0.3 is 0 Å². The lowest BCUT2D eigenvalue weighted by Gasteiger charge is -2.26. The molecule has 1 aromatic rings. The normalized spacial score (nSPS) is 25.4. The van der Waals surface area contributed by atoms with Crippen molar-refractivity contribution in [3.05, 3.63) is 11.8 Å². The first kappa shape index (κ1) is 11.1. The standard InChI is InChI=1S/C11H17N3O2/c1-7-5-9(3-4-12-7)11(15)13-10-6-8(2)16-14-10/h6-7,9,12H,3-5H2,1-2H3,(H,13,14,15). The highest BCUT2D eigenvalue weighted by Crippen LogP contribution is 2.18. The van der Waals surface area contributed by atoms with Crippen molar-refractivity contribution in [2.75, 3.05) is 11.9 Å². The van der Waals surface area contributed by atoms with Crippen LogP contribution in [0.3, 0.4) is 0 Å². The van der Waals surface area contributed by atoms with Crippen LogP contribution in [-0.2, 0) is 4.79 Å². The largest absolute Gasteiger partial charge is 0.360 e. The van der Waals surface area contributed by atoms with Crippen LogP contribution < -0.4 is 10.6 Å². The van der Waals surface area contributed by atoms with E-state index in [2.05, 4.69) is 22.7 Å². The van der Waals surface area contributed by atoms with Gasteiger partial charge in [0.25, 0.3) is 0 Å². The summed E-state index contributed by atoms with van der Waals surface area (Å²) in [5.74, 6) is 1.33. The van der Waals surface area contributed by atoms with Gasteiger partial charge in [0.05, 0.1) is 0 Å². The maximum atomic E-state index is 11.9. The van der Waals surface area contributed by atoms with Crippen molar-refractivity contribution in [1.29, 1.82) is 0 Å². The molecule has 88 valence electrons. The predicted molar refractivity (Wildman–Crippen MR) is 60.1 cm³/mol. The number of amides is 1. The molecule has 1 aliphatic rings. The van der Waals surface area contributed by atoms with Crippen LogP contribution in [0.25, 0.3) is 0 Å². The van der Waals surface area contributed by atoms with Crippen LogP contribution in [-0.4, -0.2) is 23.7 Å². The maximum absolute atomic E-state index is 11.9. The van der Waals surface area contributed by atoms with Gasteiger partial charge in [0.2, 0.25) is 5.91 Å².